The quantitative estimate of drug-likeness (QED) is 0.709. The fraction of sp³-hybridized carbons (Fsp3) is 0.455. The second kappa shape index (κ2) is 7.98. The maximum atomic E-state index is 14.3. The average Bonchev–Trinajstić information content (AvgIpc) is 3.13. The van der Waals surface area contributed by atoms with Crippen molar-refractivity contribution in [1.82, 2.24) is 4.98 Å². The zero-order valence-corrected chi connectivity index (χ0v) is 15.5. The molecule has 138 valence electrons. The van der Waals surface area contributed by atoms with Crippen LogP contribution in [0.1, 0.15) is 73.6 Å². The molecule has 1 heterocycles. The lowest BCUT2D eigenvalue weighted by Crippen LogP contribution is -2.11. The van der Waals surface area contributed by atoms with Gasteiger partial charge in [0.2, 0.25) is 0 Å². The molecule has 0 radical (unpaired) electrons. The van der Waals surface area contributed by atoms with E-state index in [4.69, 9.17) is 4.98 Å². The number of carboxylic acids is 1. The molecule has 26 heavy (non-hydrogen) atoms. The molecule has 0 atom stereocenters. The van der Waals surface area contributed by atoms with Gasteiger partial charge >= 0.3 is 5.97 Å². The molecular weight excluding hydrogens is 329 g/mol. The molecule has 1 N–H and O–H groups in total. The number of aryl methyl sites for hydroxylation is 1. The zero-order valence-electron chi connectivity index (χ0n) is 15.5. The molecule has 1 aromatic carbocycles. The van der Waals surface area contributed by atoms with Gasteiger partial charge in [0.15, 0.2) is 0 Å². The molecule has 1 aliphatic carbocycles. The van der Waals surface area contributed by atoms with E-state index in [1.165, 1.54) is 31.7 Å². The van der Waals surface area contributed by atoms with E-state index in [1.807, 2.05) is 13.8 Å². The second-order valence-electron chi connectivity index (χ2n) is 7.54. The number of carbonyl (C=O) groups is 1. The van der Waals surface area contributed by atoms with Gasteiger partial charge < -0.3 is 5.11 Å². The highest BCUT2D eigenvalue weighted by Gasteiger charge is 2.22. The third-order valence-corrected chi connectivity index (χ3v) is 5.34. The summed E-state index contributed by atoms with van der Waals surface area (Å²) in [4.78, 5) is 16.6. The monoisotopic (exact) mass is 355 g/mol. The van der Waals surface area contributed by atoms with Crippen molar-refractivity contribution in [3.8, 4) is 11.1 Å². The third-order valence-electron chi connectivity index (χ3n) is 5.34. The summed E-state index contributed by atoms with van der Waals surface area (Å²) in [6.45, 7) is 4.02. The largest absolute Gasteiger partial charge is 0.478 e. The molecule has 0 amide bonds. The molecule has 0 unspecified atom stereocenters. The predicted molar refractivity (Wildman–Crippen MR) is 101 cm³/mol. The van der Waals surface area contributed by atoms with Crippen LogP contribution in [0.2, 0.25) is 0 Å². The minimum absolute atomic E-state index is 0.0812. The van der Waals surface area contributed by atoms with Gasteiger partial charge in [-0.2, -0.15) is 0 Å². The molecule has 1 aliphatic rings. The van der Waals surface area contributed by atoms with Crippen LogP contribution in [-0.4, -0.2) is 16.1 Å². The Bertz CT molecular complexity index is 795. The number of benzene rings is 1. The first-order chi connectivity index (χ1) is 12.5. The number of nitrogens with zero attached hydrogens (tertiary/aromatic N) is 1. The summed E-state index contributed by atoms with van der Waals surface area (Å²) in [6, 6.07) is 8.09. The van der Waals surface area contributed by atoms with Crippen LogP contribution < -0.4 is 0 Å². The summed E-state index contributed by atoms with van der Waals surface area (Å²) in [5.74, 6) is -0.595. The first kappa shape index (κ1) is 18.6. The minimum atomic E-state index is -0.994. The molecule has 1 aromatic heterocycles. The van der Waals surface area contributed by atoms with Crippen molar-refractivity contribution in [3.05, 3.63) is 53.1 Å². The smallest absolute Gasteiger partial charge is 0.337 e. The molecule has 3 nitrogen and oxygen atoms in total. The molecule has 0 bridgehead atoms. The van der Waals surface area contributed by atoms with Crippen LogP contribution in [0.5, 0.6) is 0 Å². The molecule has 0 spiro atoms. The lowest BCUT2D eigenvalue weighted by Gasteiger charge is -2.17. The van der Waals surface area contributed by atoms with Crippen molar-refractivity contribution >= 4 is 5.97 Å². The van der Waals surface area contributed by atoms with Gasteiger partial charge in [0.05, 0.1) is 17.0 Å². The van der Waals surface area contributed by atoms with Crippen molar-refractivity contribution in [2.75, 3.05) is 0 Å². The van der Waals surface area contributed by atoms with Gasteiger partial charge in [-0.3, -0.25) is 4.98 Å². The number of aromatic carboxylic acids is 1. The maximum absolute atomic E-state index is 14.3. The number of carboxylic acid groups (broad SMARTS) is 1. The van der Waals surface area contributed by atoms with Crippen molar-refractivity contribution in [1.29, 1.82) is 0 Å². The Hall–Kier alpha value is -2.23. The number of pyridine rings is 1. The normalized spacial score (nSPS) is 14.9. The number of hydrogen-bond donors (Lipinski definition) is 1. The van der Waals surface area contributed by atoms with E-state index in [1.54, 1.807) is 24.3 Å². The second-order valence-corrected chi connectivity index (χ2v) is 7.54. The predicted octanol–water partition coefficient (Wildman–Crippen LogP) is 5.83. The van der Waals surface area contributed by atoms with Gasteiger partial charge in [0.25, 0.3) is 0 Å². The fourth-order valence-corrected chi connectivity index (χ4v) is 3.92. The molecule has 1 saturated carbocycles. The average molecular weight is 355 g/mol. The van der Waals surface area contributed by atoms with Crippen LogP contribution in [-0.2, 0) is 6.42 Å². The van der Waals surface area contributed by atoms with E-state index in [0.29, 0.717) is 29.2 Å². The molecule has 1 fully saturated rings. The highest BCUT2D eigenvalue weighted by atomic mass is 19.1. The van der Waals surface area contributed by atoms with Gasteiger partial charge in [0.1, 0.15) is 5.82 Å². The van der Waals surface area contributed by atoms with Gasteiger partial charge in [-0.05, 0) is 36.8 Å². The van der Waals surface area contributed by atoms with Gasteiger partial charge in [-0.25, -0.2) is 9.18 Å². The summed E-state index contributed by atoms with van der Waals surface area (Å²) in [5, 5.41) is 9.69. The highest BCUT2D eigenvalue weighted by Crippen LogP contribution is 2.33. The number of hydrogen-bond acceptors (Lipinski definition) is 2. The third kappa shape index (κ3) is 3.95. The molecule has 3 rings (SSSR count). The van der Waals surface area contributed by atoms with Crippen molar-refractivity contribution in [3.63, 3.8) is 0 Å². The van der Waals surface area contributed by atoms with E-state index < -0.39 is 5.97 Å². The van der Waals surface area contributed by atoms with Crippen molar-refractivity contribution in [2.45, 2.75) is 58.3 Å². The number of aromatic nitrogens is 1. The molecular formula is C22H26FNO2. The fourth-order valence-electron chi connectivity index (χ4n) is 3.92. The summed E-state index contributed by atoms with van der Waals surface area (Å²) in [7, 11) is 0. The molecule has 0 saturated heterocycles. The Labute approximate surface area is 154 Å². The van der Waals surface area contributed by atoms with Crippen LogP contribution >= 0.6 is 0 Å². The van der Waals surface area contributed by atoms with E-state index in [0.717, 1.165) is 12.1 Å². The first-order valence-corrected chi connectivity index (χ1v) is 9.49. The van der Waals surface area contributed by atoms with Gasteiger partial charge in [0, 0.05) is 11.1 Å². The zero-order chi connectivity index (χ0) is 18.7. The summed E-state index contributed by atoms with van der Waals surface area (Å²) in [6.07, 6.45) is 6.65. The SMILES string of the molecule is CC(C)c1nc(CCC2CCCC2)c(C(=O)O)cc1-c1ccccc1F. The Morgan fingerprint density at radius 3 is 2.54 bits per heavy atom. The number of rotatable bonds is 6. The highest BCUT2D eigenvalue weighted by molar-refractivity contribution is 5.91. The Morgan fingerprint density at radius 1 is 1.23 bits per heavy atom. The summed E-state index contributed by atoms with van der Waals surface area (Å²) in [5.41, 5.74) is 2.59. The van der Waals surface area contributed by atoms with Crippen molar-refractivity contribution in [2.24, 2.45) is 5.92 Å². The van der Waals surface area contributed by atoms with E-state index in [9.17, 15) is 14.3 Å². The topological polar surface area (TPSA) is 50.2 Å². The standard InChI is InChI=1S/C22H26FNO2/c1-14(2)21-17(16-9-5-6-10-19(16)23)13-18(22(25)26)20(24-21)12-11-15-7-3-4-8-15/h5-6,9-10,13-15H,3-4,7-8,11-12H2,1-2H3,(H,25,26). The summed E-state index contributed by atoms with van der Waals surface area (Å²) < 4.78 is 14.3. The summed E-state index contributed by atoms with van der Waals surface area (Å²) >= 11 is 0. The van der Waals surface area contributed by atoms with Crippen LogP contribution in [0.25, 0.3) is 11.1 Å². The van der Waals surface area contributed by atoms with E-state index >= 15 is 0 Å². The van der Waals surface area contributed by atoms with Crippen LogP contribution in [0.4, 0.5) is 4.39 Å². The van der Waals surface area contributed by atoms with Crippen LogP contribution in [0, 0.1) is 11.7 Å². The van der Waals surface area contributed by atoms with Crippen LogP contribution in [0.15, 0.2) is 30.3 Å². The first-order valence-electron chi connectivity index (χ1n) is 9.49. The minimum Gasteiger partial charge on any atom is -0.478 e. The van der Waals surface area contributed by atoms with E-state index in [2.05, 4.69) is 0 Å². The Balaban J connectivity index is 2.04. The van der Waals surface area contributed by atoms with Gasteiger partial charge in [-0.1, -0.05) is 57.7 Å². The molecule has 0 aliphatic heterocycles. The molecule has 2 aromatic rings. The number of halogens is 1. The maximum Gasteiger partial charge on any atom is 0.337 e. The van der Waals surface area contributed by atoms with Crippen LogP contribution in [0.3, 0.4) is 0 Å². The lowest BCUT2D eigenvalue weighted by molar-refractivity contribution is 0.0695. The lowest BCUT2D eigenvalue weighted by atomic mass is 9.92. The molecule has 4 heteroatoms. The van der Waals surface area contributed by atoms with Crippen molar-refractivity contribution < 1.29 is 14.3 Å². The van der Waals surface area contributed by atoms with Gasteiger partial charge in [-0.15, -0.1) is 0 Å². The van der Waals surface area contributed by atoms with E-state index in [-0.39, 0.29) is 17.3 Å². The Kier molecular flexibility index (Phi) is 5.70. The Morgan fingerprint density at radius 2 is 1.92 bits per heavy atom.